The molecule has 0 radical (unpaired) electrons. The van der Waals surface area contributed by atoms with Gasteiger partial charge in [-0.2, -0.15) is 0 Å². The zero-order valence-corrected chi connectivity index (χ0v) is 7.59. The van der Waals surface area contributed by atoms with Crippen molar-refractivity contribution in [1.82, 2.24) is 10.9 Å². The van der Waals surface area contributed by atoms with E-state index in [0.717, 1.165) is 19.4 Å². The van der Waals surface area contributed by atoms with Crippen LogP contribution in [0.4, 0.5) is 0 Å². The van der Waals surface area contributed by atoms with E-state index in [4.69, 9.17) is 4.74 Å². The topological polar surface area (TPSA) is 50.4 Å². The molecule has 1 amide bonds. The first-order chi connectivity index (χ1) is 5.68. The van der Waals surface area contributed by atoms with Crippen LogP contribution < -0.4 is 10.9 Å². The molecule has 0 bridgehead atoms. The lowest BCUT2D eigenvalue weighted by Gasteiger charge is -2.27. The molecular weight excluding hydrogens is 156 g/mol. The number of hydrazine groups is 1. The molecule has 2 unspecified atom stereocenters. The summed E-state index contributed by atoms with van der Waals surface area (Å²) in [5.41, 5.74) is 5.56. The Balaban J connectivity index is 2.18. The number of rotatable bonds is 2. The fourth-order valence-electron chi connectivity index (χ4n) is 1.33. The van der Waals surface area contributed by atoms with Crippen molar-refractivity contribution >= 4 is 5.91 Å². The summed E-state index contributed by atoms with van der Waals surface area (Å²) in [4.78, 5) is 10.6. The summed E-state index contributed by atoms with van der Waals surface area (Å²) in [7, 11) is 0. The smallest absolute Gasteiger partial charge is 0.230 e. The van der Waals surface area contributed by atoms with Gasteiger partial charge in [0.05, 0.1) is 6.10 Å². The number of ether oxygens (including phenoxy) is 1. The SMILES string of the molecule is CC(=O)NNC1CCOC(C)C1. The number of hydrogen-bond acceptors (Lipinski definition) is 3. The maximum atomic E-state index is 10.6. The largest absolute Gasteiger partial charge is 0.378 e. The van der Waals surface area contributed by atoms with Gasteiger partial charge in [-0.3, -0.25) is 10.2 Å². The van der Waals surface area contributed by atoms with Crippen LogP contribution in [-0.4, -0.2) is 24.7 Å². The molecule has 0 aromatic carbocycles. The van der Waals surface area contributed by atoms with Crippen molar-refractivity contribution in [3.8, 4) is 0 Å². The van der Waals surface area contributed by atoms with Crippen LogP contribution >= 0.6 is 0 Å². The first kappa shape index (κ1) is 9.48. The predicted octanol–water partition coefficient (Wildman–Crippen LogP) is 0.195. The molecule has 4 nitrogen and oxygen atoms in total. The Morgan fingerprint density at radius 3 is 2.92 bits per heavy atom. The first-order valence-corrected chi connectivity index (χ1v) is 4.32. The van der Waals surface area contributed by atoms with E-state index in [0.29, 0.717) is 12.1 Å². The van der Waals surface area contributed by atoms with Crippen LogP contribution in [0.15, 0.2) is 0 Å². The van der Waals surface area contributed by atoms with Crippen LogP contribution in [0.1, 0.15) is 26.7 Å². The van der Waals surface area contributed by atoms with Crippen molar-refractivity contribution in [1.29, 1.82) is 0 Å². The Hall–Kier alpha value is -0.610. The van der Waals surface area contributed by atoms with E-state index in [1.165, 1.54) is 6.92 Å². The van der Waals surface area contributed by atoms with E-state index < -0.39 is 0 Å². The Labute approximate surface area is 72.6 Å². The molecule has 1 aliphatic rings. The summed E-state index contributed by atoms with van der Waals surface area (Å²) in [5, 5.41) is 0. The van der Waals surface area contributed by atoms with Gasteiger partial charge < -0.3 is 4.74 Å². The lowest BCUT2D eigenvalue weighted by Crippen LogP contribution is -2.47. The third kappa shape index (κ3) is 3.19. The molecule has 0 saturated carbocycles. The minimum atomic E-state index is -0.0471. The summed E-state index contributed by atoms with van der Waals surface area (Å²) < 4.78 is 5.36. The Morgan fingerprint density at radius 1 is 1.58 bits per heavy atom. The van der Waals surface area contributed by atoms with E-state index in [1.807, 2.05) is 6.92 Å². The van der Waals surface area contributed by atoms with Crippen molar-refractivity contribution in [3.05, 3.63) is 0 Å². The summed E-state index contributed by atoms with van der Waals surface area (Å²) in [6.45, 7) is 4.32. The van der Waals surface area contributed by atoms with Gasteiger partial charge >= 0.3 is 0 Å². The molecule has 0 aromatic rings. The Bertz CT molecular complexity index is 161. The fourth-order valence-corrected chi connectivity index (χ4v) is 1.33. The molecule has 0 spiro atoms. The quantitative estimate of drug-likeness (QED) is 0.585. The van der Waals surface area contributed by atoms with E-state index in [2.05, 4.69) is 10.9 Å². The third-order valence-electron chi connectivity index (χ3n) is 1.94. The number of carbonyl (C=O) groups is 1. The van der Waals surface area contributed by atoms with Crippen molar-refractivity contribution in [3.63, 3.8) is 0 Å². The molecule has 0 aliphatic carbocycles. The maximum absolute atomic E-state index is 10.6. The second-order valence-electron chi connectivity index (χ2n) is 3.23. The zero-order valence-electron chi connectivity index (χ0n) is 7.59. The highest BCUT2D eigenvalue weighted by atomic mass is 16.5. The van der Waals surface area contributed by atoms with Gasteiger partial charge in [-0.1, -0.05) is 0 Å². The number of hydrogen-bond donors (Lipinski definition) is 2. The molecule has 12 heavy (non-hydrogen) atoms. The zero-order chi connectivity index (χ0) is 8.97. The minimum Gasteiger partial charge on any atom is -0.378 e. The molecule has 1 heterocycles. The maximum Gasteiger partial charge on any atom is 0.230 e. The Morgan fingerprint density at radius 2 is 2.33 bits per heavy atom. The first-order valence-electron chi connectivity index (χ1n) is 4.32. The van der Waals surface area contributed by atoms with Crippen LogP contribution in [0.25, 0.3) is 0 Å². The molecular formula is C8H16N2O2. The number of nitrogens with one attached hydrogen (secondary N) is 2. The van der Waals surface area contributed by atoms with Gasteiger partial charge in [0.15, 0.2) is 0 Å². The van der Waals surface area contributed by atoms with Crippen LogP contribution in [0.2, 0.25) is 0 Å². The summed E-state index contributed by atoms with van der Waals surface area (Å²) in [6.07, 6.45) is 2.22. The molecule has 1 saturated heterocycles. The molecule has 4 heteroatoms. The van der Waals surface area contributed by atoms with Gasteiger partial charge in [-0.25, -0.2) is 5.43 Å². The highest BCUT2D eigenvalue weighted by Gasteiger charge is 2.18. The molecule has 1 aliphatic heterocycles. The fraction of sp³-hybridized carbons (Fsp3) is 0.875. The normalized spacial score (nSPS) is 29.8. The van der Waals surface area contributed by atoms with Crippen molar-refractivity contribution < 1.29 is 9.53 Å². The highest BCUT2D eigenvalue weighted by molar-refractivity contribution is 5.72. The van der Waals surface area contributed by atoms with Crippen molar-refractivity contribution in [2.45, 2.75) is 38.8 Å². The third-order valence-corrected chi connectivity index (χ3v) is 1.94. The van der Waals surface area contributed by atoms with E-state index in [9.17, 15) is 4.79 Å². The highest BCUT2D eigenvalue weighted by Crippen LogP contribution is 2.12. The minimum absolute atomic E-state index is 0.0471. The van der Waals surface area contributed by atoms with Crippen LogP contribution in [-0.2, 0) is 9.53 Å². The summed E-state index contributed by atoms with van der Waals surface area (Å²) in [5.74, 6) is -0.0471. The average Bonchev–Trinajstić information content (AvgIpc) is 2.01. The standard InChI is InChI=1S/C8H16N2O2/c1-6-5-8(3-4-12-6)10-9-7(2)11/h6,8,10H,3-5H2,1-2H3,(H,9,11). The van der Waals surface area contributed by atoms with Gasteiger partial charge in [0.1, 0.15) is 0 Å². The predicted molar refractivity (Wildman–Crippen MR) is 45.4 cm³/mol. The van der Waals surface area contributed by atoms with Crippen molar-refractivity contribution in [2.24, 2.45) is 0 Å². The van der Waals surface area contributed by atoms with Gasteiger partial charge in [0.2, 0.25) is 5.91 Å². The average molecular weight is 172 g/mol. The van der Waals surface area contributed by atoms with E-state index in [1.54, 1.807) is 0 Å². The van der Waals surface area contributed by atoms with Gasteiger partial charge in [-0.05, 0) is 19.8 Å². The van der Waals surface area contributed by atoms with Crippen molar-refractivity contribution in [2.75, 3.05) is 6.61 Å². The molecule has 0 aromatic heterocycles. The van der Waals surface area contributed by atoms with E-state index in [-0.39, 0.29) is 5.91 Å². The van der Waals surface area contributed by atoms with Crippen LogP contribution in [0.3, 0.4) is 0 Å². The number of carbonyl (C=O) groups excluding carboxylic acids is 1. The monoisotopic (exact) mass is 172 g/mol. The molecule has 2 N–H and O–H groups in total. The van der Waals surface area contributed by atoms with Gasteiger partial charge in [0.25, 0.3) is 0 Å². The summed E-state index contributed by atoms with van der Waals surface area (Å²) >= 11 is 0. The summed E-state index contributed by atoms with van der Waals surface area (Å²) in [6, 6.07) is 0.359. The van der Waals surface area contributed by atoms with E-state index >= 15 is 0 Å². The Kier molecular flexibility index (Phi) is 3.49. The van der Waals surface area contributed by atoms with Gasteiger partial charge in [0, 0.05) is 19.6 Å². The second kappa shape index (κ2) is 4.42. The molecule has 1 rings (SSSR count). The second-order valence-corrected chi connectivity index (χ2v) is 3.23. The lowest BCUT2D eigenvalue weighted by atomic mass is 10.1. The molecule has 70 valence electrons. The van der Waals surface area contributed by atoms with Crippen LogP contribution in [0.5, 0.6) is 0 Å². The number of amides is 1. The molecule has 1 fully saturated rings. The lowest BCUT2D eigenvalue weighted by molar-refractivity contribution is -0.120. The molecule has 2 atom stereocenters. The van der Waals surface area contributed by atoms with Crippen LogP contribution in [0, 0.1) is 0 Å². The van der Waals surface area contributed by atoms with Gasteiger partial charge in [-0.15, -0.1) is 0 Å².